The molecule has 0 radical (unpaired) electrons. The Balaban J connectivity index is 2.42. The van der Waals surface area contributed by atoms with Crippen LogP contribution >= 0.6 is 15.9 Å². The molecule has 1 saturated heterocycles. The molecule has 0 saturated carbocycles. The maximum Gasteiger partial charge on any atom is 0.330 e. The van der Waals surface area contributed by atoms with Gasteiger partial charge in [0.25, 0.3) is 5.56 Å². The maximum atomic E-state index is 12.5. The zero-order chi connectivity index (χ0) is 13.4. The van der Waals surface area contributed by atoms with Crippen LogP contribution in [0.4, 0.5) is 4.39 Å². The number of hydrogen-bond donors (Lipinski definition) is 3. The van der Waals surface area contributed by atoms with Crippen LogP contribution in [0.1, 0.15) is 6.23 Å². The first-order chi connectivity index (χ1) is 8.45. The summed E-state index contributed by atoms with van der Waals surface area (Å²) in [4.78, 5) is 24.7. The largest absolute Gasteiger partial charge is 0.387 e. The lowest BCUT2D eigenvalue weighted by Gasteiger charge is -2.17. The number of nitrogens with zero attached hydrogens (tertiary/aromatic N) is 1. The summed E-state index contributed by atoms with van der Waals surface area (Å²) in [6.07, 6.45) is -4.23. The number of aliphatic hydroxyl groups is 2. The summed E-state index contributed by atoms with van der Waals surface area (Å²) in [6, 6.07) is 0. The SMILES string of the molecule is O=c1[nH]c(=O)n([C@@H]2O[C@@H](CF)[C@@H](O)[C@@H]2O)cc1Br. The fourth-order valence-corrected chi connectivity index (χ4v) is 2.06. The van der Waals surface area contributed by atoms with Gasteiger partial charge in [0.05, 0.1) is 4.47 Å². The molecule has 2 rings (SSSR count). The normalized spacial score (nSPS) is 31.8. The van der Waals surface area contributed by atoms with Crippen molar-refractivity contribution in [2.75, 3.05) is 6.67 Å². The van der Waals surface area contributed by atoms with Crippen LogP contribution in [0.5, 0.6) is 0 Å². The van der Waals surface area contributed by atoms with Crippen LogP contribution in [0.15, 0.2) is 20.3 Å². The molecule has 9 heteroatoms. The molecular formula is C9H10BrFN2O5. The third-order valence-corrected chi connectivity index (χ3v) is 3.25. The van der Waals surface area contributed by atoms with Gasteiger partial charge in [-0.25, -0.2) is 9.18 Å². The van der Waals surface area contributed by atoms with Crippen molar-refractivity contribution in [2.45, 2.75) is 24.5 Å². The first-order valence-corrected chi connectivity index (χ1v) is 5.83. The summed E-state index contributed by atoms with van der Waals surface area (Å²) in [7, 11) is 0. The molecule has 0 bridgehead atoms. The highest BCUT2D eigenvalue weighted by atomic mass is 79.9. The lowest BCUT2D eigenvalue weighted by molar-refractivity contribution is -0.0456. The minimum Gasteiger partial charge on any atom is -0.387 e. The van der Waals surface area contributed by atoms with Crippen LogP contribution in [0.2, 0.25) is 0 Å². The molecule has 4 atom stereocenters. The summed E-state index contributed by atoms with van der Waals surface area (Å²) in [6.45, 7) is -0.992. The average molecular weight is 325 g/mol. The molecule has 1 aromatic rings. The van der Waals surface area contributed by atoms with Gasteiger partial charge in [-0.05, 0) is 15.9 Å². The third kappa shape index (κ3) is 2.14. The third-order valence-electron chi connectivity index (χ3n) is 2.69. The number of rotatable bonds is 2. The molecule has 1 aliphatic heterocycles. The maximum absolute atomic E-state index is 12.5. The van der Waals surface area contributed by atoms with Gasteiger partial charge in [-0.15, -0.1) is 0 Å². The van der Waals surface area contributed by atoms with Gasteiger partial charge in [0, 0.05) is 6.20 Å². The van der Waals surface area contributed by atoms with Crippen LogP contribution in [-0.2, 0) is 4.74 Å². The Morgan fingerprint density at radius 2 is 2.11 bits per heavy atom. The highest BCUT2D eigenvalue weighted by Crippen LogP contribution is 2.28. The quantitative estimate of drug-likeness (QED) is 0.639. The van der Waals surface area contributed by atoms with E-state index in [0.29, 0.717) is 0 Å². The number of halogens is 2. The van der Waals surface area contributed by atoms with Crippen LogP contribution in [0, 0.1) is 0 Å². The zero-order valence-electron chi connectivity index (χ0n) is 8.92. The second kappa shape index (κ2) is 4.92. The number of hydrogen-bond acceptors (Lipinski definition) is 5. The van der Waals surface area contributed by atoms with Crippen LogP contribution in [-0.4, -0.2) is 44.8 Å². The van der Waals surface area contributed by atoms with Crippen molar-refractivity contribution in [3.63, 3.8) is 0 Å². The number of H-pyrrole nitrogens is 1. The van der Waals surface area contributed by atoms with E-state index >= 15 is 0 Å². The Labute approximate surface area is 108 Å². The Kier molecular flexibility index (Phi) is 3.66. The summed E-state index contributed by atoms with van der Waals surface area (Å²) in [5.74, 6) is 0. The van der Waals surface area contributed by atoms with E-state index < -0.39 is 42.5 Å². The summed E-state index contributed by atoms with van der Waals surface area (Å²) < 4.78 is 18.5. The van der Waals surface area contributed by atoms with Crippen molar-refractivity contribution in [3.05, 3.63) is 31.5 Å². The highest BCUT2D eigenvalue weighted by Gasteiger charge is 2.44. The van der Waals surface area contributed by atoms with Crippen LogP contribution in [0.3, 0.4) is 0 Å². The summed E-state index contributed by atoms with van der Waals surface area (Å²) in [5, 5.41) is 19.2. The average Bonchev–Trinajstić information content (AvgIpc) is 2.61. The van der Waals surface area contributed by atoms with Crippen LogP contribution in [0.25, 0.3) is 0 Å². The van der Waals surface area contributed by atoms with Crippen molar-refractivity contribution in [3.8, 4) is 0 Å². The van der Waals surface area contributed by atoms with Crippen molar-refractivity contribution in [1.29, 1.82) is 0 Å². The van der Waals surface area contributed by atoms with Gasteiger partial charge in [0.1, 0.15) is 25.0 Å². The monoisotopic (exact) mass is 324 g/mol. The van der Waals surface area contributed by atoms with Crippen molar-refractivity contribution in [1.82, 2.24) is 9.55 Å². The van der Waals surface area contributed by atoms with Crippen molar-refractivity contribution in [2.24, 2.45) is 0 Å². The molecule has 18 heavy (non-hydrogen) atoms. The molecule has 1 aromatic heterocycles. The van der Waals surface area contributed by atoms with E-state index in [-0.39, 0.29) is 4.47 Å². The predicted molar refractivity (Wildman–Crippen MR) is 60.9 cm³/mol. The molecule has 0 amide bonds. The lowest BCUT2D eigenvalue weighted by atomic mass is 10.1. The smallest absolute Gasteiger partial charge is 0.330 e. The van der Waals surface area contributed by atoms with E-state index in [2.05, 4.69) is 15.9 Å². The highest BCUT2D eigenvalue weighted by molar-refractivity contribution is 9.10. The molecule has 1 fully saturated rings. The Hall–Kier alpha value is -1.03. The standard InChI is InChI=1S/C9H10BrFN2O5/c10-3-2-13(9(17)12-7(3)16)8-6(15)5(14)4(1-11)18-8/h2,4-6,8,14-15H,1H2,(H,12,16,17)/t4-,5+,6-,8+/m0/s1. The fourth-order valence-electron chi connectivity index (χ4n) is 1.74. The minimum absolute atomic E-state index is 0.0519. The van der Waals surface area contributed by atoms with Gasteiger partial charge in [0.15, 0.2) is 6.23 Å². The van der Waals surface area contributed by atoms with Gasteiger partial charge in [-0.1, -0.05) is 0 Å². The van der Waals surface area contributed by atoms with Crippen molar-refractivity contribution < 1.29 is 19.3 Å². The fraction of sp³-hybridized carbons (Fsp3) is 0.556. The van der Waals surface area contributed by atoms with Gasteiger partial charge in [-0.2, -0.15) is 0 Å². The molecular weight excluding hydrogens is 315 g/mol. The molecule has 2 heterocycles. The number of aromatic nitrogens is 2. The molecule has 0 spiro atoms. The van der Waals surface area contributed by atoms with E-state index in [0.717, 1.165) is 10.8 Å². The molecule has 1 aliphatic rings. The lowest BCUT2D eigenvalue weighted by Crippen LogP contribution is -2.38. The second-order valence-electron chi connectivity index (χ2n) is 3.84. The van der Waals surface area contributed by atoms with Gasteiger partial charge >= 0.3 is 5.69 Å². The number of alkyl halides is 1. The molecule has 100 valence electrons. The molecule has 3 N–H and O–H groups in total. The predicted octanol–water partition coefficient (Wildman–Crippen LogP) is -1.11. The number of ether oxygens (including phenoxy) is 1. The molecule has 0 aliphatic carbocycles. The first-order valence-electron chi connectivity index (χ1n) is 5.04. The van der Waals surface area contributed by atoms with Gasteiger partial charge < -0.3 is 14.9 Å². The molecule has 0 aromatic carbocycles. The number of nitrogens with one attached hydrogen (secondary N) is 1. The van der Waals surface area contributed by atoms with Gasteiger partial charge in [0.2, 0.25) is 0 Å². The summed E-state index contributed by atoms with van der Waals surface area (Å²) >= 11 is 2.92. The van der Waals surface area contributed by atoms with Crippen molar-refractivity contribution >= 4 is 15.9 Å². The zero-order valence-corrected chi connectivity index (χ0v) is 10.5. The van der Waals surface area contributed by atoms with E-state index in [1.54, 1.807) is 0 Å². The number of aromatic amines is 1. The van der Waals surface area contributed by atoms with E-state index in [1.807, 2.05) is 4.98 Å². The Morgan fingerprint density at radius 3 is 2.67 bits per heavy atom. The van der Waals surface area contributed by atoms with E-state index in [4.69, 9.17) is 4.74 Å². The number of aliphatic hydroxyl groups excluding tert-OH is 2. The Bertz CT molecular complexity index is 559. The summed E-state index contributed by atoms with van der Waals surface area (Å²) in [5.41, 5.74) is -1.45. The van der Waals surface area contributed by atoms with Crippen LogP contribution < -0.4 is 11.2 Å². The molecule has 7 nitrogen and oxygen atoms in total. The topological polar surface area (TPSA) is 105 Å². The minimum atomic E-state index is -1.46. The Morgan fingerprint density at radius 1 is 1.44 bits per heavy atom. The first kappa shape index (κ1) is 13.4. The second-order valence-corrected chi connectivity index (χ2v) is 4.70. The van der Waals surface area contributed by atoms with Gasteiger partial charge in [-0.3, -0.25) is 14.3 Å². The molecule has 0 unspecified atom stereocenters. The van der Waals surface area contributed by atoms with E-state index in [9.17, 15) is 24.2 Å². The van der Waals surface area contributed by atoms with E-state index in [1.165, 1.54) is 0 Å².